The predicted octanol–water partition coefficient (Wildman–Crippen LogP) is 4.70. The molecule has 25 heavy (non-hydrogen) atoms. The summed E-state index contributed by atoms with van der Waals surface area (Å²) in [4.78, 5) is 19.0. The Hall–Kier alpha value is -2.11. The summed E-state index contributed by atoms with van der Waals surface area (Å²) in [6.07, 6.45) is 3.10. The Balaban J connectivity index is 1.35. The third kappa shape index (κ3) is 3.78. The molecule has 126 valence electrons. The summed E-state index contributed by atoms with van der Waals surface area (Å²) < 4.78 is 2.14. The molecular formula is C20H18N2OS2. The molecule has 0 saturated heterocycles. The summed E-state index contributed by atoms with van der Waals surface area (Å²) in [6, 6.07) is 18.5. The smallest absolute Gasteiger partial charge is 0.233 e. The molecule has 2 aromatic carbocycles. The van der Waals surface area contributed by atoms with Crippen LogP contribution in [0.25, 0.3) is 15.8 Å². The maximum Gasteiger partial charge on any atom is 0.233 e. The van der Waals surface area contributed by atoms with Crippen LogP contribution in [0.3, 0.4) is 0 Å². The normalized spacial score (nSPS) is 14.6. The van der Waals surface area contributed by atoms with Gasteiger partial charge in [-0.3, -0.25) is 4.79 Å². The number of aromatic nitrogens is 1. The highest BCUT2D eigenvalue weighted by Gasteiger charge is 2.18. The number of amides is 1. The molecule has 0 radical (unpaired) electrons. The van der Waals surface area contributed by atoms with Gasteiger partial charge in [0.1, 0.15) is 0 Å². The zero-order chi connectivity index (χ0) is 17.1. The van der Waals surface area contributed by atoms with Crippen LogP contribution in [-0.2, 0) is 4.79 Å². The predicted molar refractivity (Wildman–Crippen MR) is 106 cm³/mol. The minimum atomic E-state index is 0.188. The third-order valence-corrected chi connectivity index (χ3v) is 6.46. The van der Waals surface area contributed by atoms with E-state index in [9.17, 15) is 4.79 Å². The van der Waals surface area contributed by atoms with E-state index in [1.165, 1.54) is 15.8 Å². The Labute approximate surface area is 155 Å². The number of benzene rings is 2. The van der Waals surface area contributed by atoms with Gasteiger partial charge in [-0.15, -0.1) is 11.3 Å². The maximum atomic E-state index is 12.5. The number of fused-ring (bicyclic) bond motifs is 1. The van der Waals surface area contributed by atoms with Crippen molar-refractivity contribution in [1.29, 1.82) is 0 Å². The van der Waals surface area contributed by atoms with Crippen molar-refractivity contribution in [1.82, 2.24) is 9.88 Å². The van der Waals surface area contributed by atoms with Crippen molar-refractivity contribution >= 4 is 44.8 Å². The SMILES string of the molecule is O=C(CSc1nc2ccccc2s1)N1CC=C(c2ccccc2)CC1. The summed E-state index contributed by atoms with van der Waals surface area (Å²) in [5.41, 5.74) is 3.61. The van der Waals surface area contributed by atoms with Crippen LogP contribution in [0.1, 0.15) is 12.0 Å². The van der Waals surface area contributed by atoms with E-state index in [2.05, 4.69) is 41.4 Å². The first-order valence-corrected chi connectivity index (χ1v) is 10.1. The molecule has 0 unspecified atom stereocenters. The van der Waals surface area contributed by atoms with Crippen LogP contribution in [0.5, 0.6) is 0 Å². The molecule has 0 fully saturated rings. The van der Waals surface area contributed by atoms with Crippen LogP contribution in [-0.4, -0.2) is 34.6 Å². The molecule has 0 aliphatic carbocycles. The van der Waals surface area contributed by atoms with Gasteiger partial charge >= 0.3 is 0 Å². The Morgan fingerprint density at radius 3 is 2.68 bits per heavy atom. The van der Waals surface area contributed by atoms with Crippen molar-refractivity contribution in [2.45, 2.75) is 10.8 Å². The van der Waals surface area contributed by atoms with E-state index in [0.29, 0.717) is 12.3 Å². The Morgan fingerprint density at radius 1 is 1.12 bits per heavy atom. The molecule has 1 aliphatic heterocycles. The van der Waals surface area contributed by atoms with E-state index in [0.717, 1.165) is 22.8 Å². The molecule has 0 spiro atoms. The fraction of sp³-hybridized carbons (Fsp3) is 0.200. The molecule has 1 aromatic heterocycles. The van der Waals surface area contributed by atoms with Crippen LogP contribution in [0.2, 0.25) is 0 Å². The van der Waals surface area contributed by atoms with Gasteiger partial charge in [0.15, 0.2) is 4.34 Å². The Kier molecular flexibility index (Phi) is 4.85. The molecule has 0 N–H and O–H groups in total. The van der Waals surface area contributed by atoms with Gasteiger partial charge in [0, 0.05) is 13.1 Å². The first kappa shape index (κ1) is 16.4. The molecule has 1 amide bonds. The summed E-state index contributed by atoms with van der Waals surface area (Å²) in [5, 5.41) is 0. The first-order chi connectivity index (χ1) is 12.3. The van der Waals surface area contributed by atoms with Gasteiger partial charge in [-0.2, -0.15) is 0 Å². The fourth-order valence-corrected chi connectivity index (χ4v) is 4.91. The molecule has 5 heteroatoms. The van der Waals surface area contributed by atoms with E-state index >= 15 is 0 Å². The van der Waals surface area contributed by atoms with Crippen LogP contribution >= 0.6 is 23.1 Å². The number of carbonyl (C=O) groups excluding carboxylic acids is 1. The van der Waals surface area contributed by atoms with Gasteiger partial charge in [0.25, 0.3) is 0 Å². The topological polar surface area (TPSA) is 33.2 Å². The second kappa shape index (κ2) is 7.42. The number of carbonyl (C=O) groups is 1. The highest BCUT2D eigenvalue weighted by Crippen LogP contribution is 2.30. The average Bonchev–Trinajstić information content (AvgIpc) is 3.10. The largest absolute Gasteiger partial charge is 0.338 e. The molecule has 3 aromatic rings. The van der Waals surface area contributed by atoms with Crippen LogP contribution in [0.4, 0.5) is 0 Å². The third-order valence-electron chi connectivity index (χ3n) is 4.30. The van der Waals surface area contributed by atoms with Crippen molar-refractivity contribution in [2.24, 2.45) is 0 Å². The molecule has 3 nitrogen and oxygen atoms in total. The summed E-state index contributed by atoms with van der Waals surface area (Å²) in [5.74, 6) is 0.640. The van der Waals surface area contributed by atoms with E-state index < -0.39 is 0 Å². The quantitative estimate of drug-likeness (QED) is 0.627. The van der Waals surface area contributed by atoms with E-state index in [1.807, 2.05) is 29.2 Å². The van der Waals surface area contributed by atoms with Gasteiger partial charge in [0.2, 0.25) is 5.91 Å². The molecule has 4 rings (SSSR count). The molecular weight excluding hydrogens is 348 g/mol. The summed E-state index contributed by atoms with van der Waals surface area (Å²) >= 11 is 3.19. The molecule has 0 saturated carbocycles. The highest BCUT2D eigenvalue weighted by atomic mass is 32.2. The molecule has 0 bridgehead atoms. The van der Waals surface area contributed by atoms with Crippen molar-refractivity contribution < 1.29 is 4.79 Å². The number of hydrogen-bond acceptors (Lipinski definition) is 4. The van der Waals surface area contributed by atoms with E-state index in [4.69, 9.17) is 0 Å². The summed E-state index contributed by atoms with van der Waals surface area (Å²) in [7, 11) is 0. The van der Waals surface area contributed by atoms with Crippen molar-refractivity contribution in [3.05, 3.63) is 66.2 Å². The lowest BCUT2D eigenvalue weighted by atomic mass is 10.00. The number of thioether (sulfide) groups is 1. The Bertz CT molecular complexity index is 885. The van der Waals surface area contributed by atoms with Gasteiger partial charge in [-0.25, -0.2) is 4.98 Å². The van der Waals surface area contributed by atoms with E-state index in [1.54, 1.807) is 23.1 Å². The summed E-state index contributed by atoms with van der Waals surface area (Å²) in [6.45, 7) is 1.49. The minimum Gasteiger partial charge on any atom is -0.338 e. The zero-order valence-corrected chi connectivity index (χ0v) is 15.4. The molecule has 1 aliphatic rings. The zero-order valence-electron chi connectivity index (χ0n) is 13.7. The first-order valence-electron chi connectivity index (χ1n) is 8.30. The van der Waals surface area contributed by atoms with Crippen molar-refractivity contribution in [3.8, 4) is 0 Å². The molecule has 2 heterocycles. The molecule has 0 atom stereocenters. The van der Waals surface area contributed by atoms with Gasteiger partial charge in [-0.1, -0.05) is 60.3 Å². The van der Waals surface area contributed by atoms with Crippen LogP contribution < -0.4 is 0 Å². The lowest BCUT2D eigenvalue weighted by Crippen LogP contribution is -2.35. The maximum absolute atomic E-state index is 12.5. The Morgan fingerprint density at radius 2 is 1.92 bits per heavy atom. The second-order valence-corrected chi connectivity index (χ2v) is 8.17. The van der Waals surface area contributed by atoms with Crippen molar-refractivity contribution in [2.75, 3.05) is 18.8 Å². The van der Waals surface area contributed by atoms with E-state index in [-0.39, 0.29) is 5.91 Å². The monoisotopic (exact) mass is 366 g/mol. The average molecular weight is 367 g/mol. The number of rotatable bonds is 4. The lowest BCUT2D eigenvalue weighted by molar-refractivity contribution is -0.127. The number of nitrogens with zero attached hydrogens (tertiary/aromatic N) is 2. The fourth-order valence-electron chi connectivity index (χ4n) is 2.94. The van der Waals surface area contributed by atoms with Crippen LogP contribution in [0, 0.1) is 0 Å². The van der Waals surface area contributed by atoms with Gasteiger partial charge in [0.05, 0.1) is 16.0 Å². The number of thiazole rings is 1. The van der Waals surface area contributed by atoms with Gasteiger partial charge < -0.3 is 4.90 Å². The second-order valence-electron chi connectivity index (χ2n) is 5.92. The number of para-hydroxylation sites is 1. The number of hydrogen-bond donors (Lipinski definition) is 0. The lowest BCUT2D eigenvalue weighted by Gasteiger charge is -2.26. The minimum absolute atomic E-state index is 0.188. The standard InChI is InChI=1S/C20H18N2OS2/c23-19(14-24-20-21-17-8-4-5-9-18(17)25-20)22-12-10-16(11-13-22)15-6-2-1-3-7-15/h1-10H,11-14H2. The van der Waals surface area contributed by atoms with Crippen molar-refractivity contribution in [3.63, 3.8) is 0 Å². The van der Waals surface area contributed by atoms with Crippen LogP contribution in [0.15, 0.2) is 65.0 Å². The van der Waals surface area contributed by atoms with Gasteiger partial charge in [-0.05, 0) is 29.7 Å². The highest BCUT2D eigenvalue weighted by molar-refractivity contribution is 8.01.